The molecule has 1 aromatic rings. The van der Waals surface area contributed by atoms with Gasteiger partial charge in [0.05, 0.1) is 19.4 Å². The predicted molar refractivity (Wildman–Crippen MR) is 55.3 cm³/mol. The molecule has 2 N–H and O–H groups in total. The van der Waals surface area contributed by atoms with Gasteiger partial charge in [0.15, 0.2) is 9.84 Å². The summed E-state index contributed by atoms with van der Waals surface area (Å²) >= 11 is 0. The average Bonchev–Trinajstić information content (AvgIpc) is 2.57. The second-order valence-corrected chi connectivity index (χ2v) is 5.39. The van der Waals surface area contributed by atoms with Gasteiger partial charge in [-0.05, 0) is 0 Å². The zero-order chi connectivity index (χ0) is 11.5. The molecule has 1 rings (SSSR count). The topological polar surface area (TPSA) is 100 Å². The molecular formula is C7H14N4O3S. The quantitative estimate of drug-likeness (QED) is 0.723. The van der Waals surface area contributed by atoms with Crippen LogP contribution in [-0.4, -0.2) is 41.8 Å². The van der Waals surface area contributed by atoms with Gasteiger partial charge in [-0.15, -0.1) is 5.10 Å². The van der Waals surface area contributed by atoms with Crippen LogP contribution in [0.25, 0.3) is 0 Å². The minimum absolute atomic E-state index is 0.000213. The summed E-state index contributed by atoms with van der Waals surface area (Å²) in [7, 11) is -1.60. The van der Waals surface area contributed by atoms with Crippen LogP contribution in [0.1, 0.15) is 6.92 Å². The van der Waals surface area contributed by atoms with Gasteiger partial charge < -0.3 is 10.5 Å². The molecule has 0 aliphatic rings. The Kier molecular flexibility index (Phi) is 3.51. The zero-order valence-corrected chi connectivity index (χ0v) is 9.49. The molecule has 0 aliphatic carbocycles. The standard InChI is InChI=1S/C7H14N4O3S/c1-3-15(12,13)5-4-11-6(8)9-7(10-11)14-2/h3-5H2,1-2H3,(H2,8,9,10). The number of rotatable bonds is 5. The van der Waals surface area contributed by atoms with E-state index in [4.69, 9.17) is 10.5 Å². The SMILES string of the molecule is CCS(=O)(=O)CCn1nc(OC)nc1N. The predicted octanol–water partition coefficient (Wildman–Crippen LogP) is -0.696. The molecule has 1 heterocycles. The lowest BCUT2D eigenvalue weighted by molar-refractivity contribution is 0.376. The monoisotopic (exact) mass is 234 g/mol. The fourth-order valence-electron chi connectivity index (χ4n) is 0.953. The number of anilines is 1. The summed E-state index contributed by atoms with van der Waals surface area (Å²) in [5.74, 6) is 0.261. The number of hydrogen-bond donors (Lipinski definition) is 1. The number of methoxy groups -OCH3 is 1. The average molecular weight is 234 g/mol. The lowest BCUT2D eigenvalue weighted by atomic mass is 10.7. The first-order valence-electron chi connectivity index (χ1n) is 4.43. The van der Waals surface area contributed by atoms with Crippen LogP contribution in [0.15, 0.2) is 0 Å². The minimum Gasteiger partial charge on any atom is -0.466 e. The highest BCUT2D eigenvalue weighted by Gasteiger charge is 2.11. The Labute approximate surface area is 88.2 Å². The molecule has 1 aromatic heterocycles. The number of ether oxygens (including phenoxy) is 1. The van der Waals surface area contributed by atoms with E-state index < -0.39 is 9.84 Å². The normalized spacial score (nSPS) is 11.6. The molecule has 0 spiro atoms. The molecule has 0 atom stereocenters. The van der Waals surface area contributed by atoms with Gasteiger partial charge in [-0.1, -0.05) is 6.92 Å². The maximum absolute atomic E-state index is 11.2. The Morgan fingerprint density at radius 2 is 2.20 bits per heavy atom. The van der Waals surface area contributed by atoms with Crippen LogP contribution in [0.4, 0.5) is 5.95 Å². The summed E-state index contributed by atoms with van der Waals surface area (Å²) in [6.07, 6.45) is 0. The largest absolute Gasteiger partial charge is 0.466 e. The first-order chi connectivity index (χ1) is 6.98. The highest BCUT2D eigenvalue weighted by Crippen LogP contribution is 2.06. The van der Waals surface area contributed by atoms with E-state index >= 15 is 0 Å². The van der Waals surface area contributed by atoms with Gasteiger partial charge in [-0.3, -0.25) is 0 Å². The summed E-state index contributed by atoms with van der Waals surface area (Å²) in [5.41, 5.74) is 5.50. The molecule has 0 saturated heterocycles. The Hall–Kier alpha value is -1.31. The van der Waals surface area contributed by atoms with Crippen LogP contribution in [-0.2, 0) is 16.4 Å². The van der Waals surface area contributed by atoms with Crippen molar-refractivity contribution >= 4 is 15.8 Å². The maximum Gasteiger partial charge on any atom is 0.337 e. The first kappa shape index (κ1) is 11.8. The number of sulfone groups is 1. The van der Waals surface area contributed by atoms with E-state index in [1.165, 1.54) is 11.8 Å². The number of aryl methyl sites for hydroxylation is 1. The van der Waals surface area contributed by atoms with Crippen LogP contribution in [0.3, 0.4) is 0 Å². The van der Waals surface area contributed by atoms with Crippen molar-refractivity contribution in [3.8, 4) is 6.01 Å². The molecular weight excluding hydrogens is 220 g/mol. The highest BCUT2D eigenvalue weighted by atomic mass is 32.2. The summed E-state index contributed by atoms with van der Waals surface area (Å²) in [6, 6.07) is 0.140. The number of aromatic nitrogens is 3. The fourth-order valence-corrected chi connectivity index (χ4v) is 1.69. The Balaban J connectivity index is 2.69. The lowest BCUT2D eigenvalue weighted by Crippen LogP contribution is -2.16. The molecule has 0 unspecified atom stereocenters. The summed E-state index contributed by atoms with van der Waals surface area (Å²) in [4.78, 5) is 3.77. The van der Waals surface area contributed by atoms with E-state index in [1.54, 1.807) is 6.92 Å². The molecule has 0 saturated carbocycles. The van der Waals surface area contributed by atoms with Crippen molar-refractivity contribution < 1.29 is 13.2 Å². The van der Waals surface area contributed by atoms with E-state index in [-0.39, 0.29) is 30.0 Å². The lowest BCUT2D eigenvalue weighted by Gasteiger charge is -2.01. The Bertz CT molecular complexity index is 425. The van der Waals surface area contributed by atoms with E-state index in [0.717, 1.165) is 0 Å². The molecule has 15 heavy (non-hydrogen) atoms. The van der Waals surface area contributed by atoms with Gasteiger partial charge in [0.25, 0.3) is 0 Å². The van der Waals surface area contributed by atoms with Crippen molar-refractivity contribution in [2.45, 2.75) is 13.5 Å². The Morgan fingerprint density at radius 3 is 2.67 bits per heavy atom. The smallest absolute Gasteiger partial charge is 0.337 e. The van der Waals surface area contributed by atoms with Gasteiger partial charge in [0, 0.05) is 5.75 Å². The molecule has 0 aromatic carbocycles. The Morgan fingerprint density at radius 1 is 1.53 bits per heavy atom. The van der Waals surface area contributed by atoms with Crippen molar-refractivity contribution in [3.63, 3.8) is 0 Å². The first-order valence-corrected chi connectivity index (χ1v) is 6.25. The van der Waals surface area contributed by atoms with Gasteiger partial charge in [0.2, 0.25) is 5.95 Å². The molecule has 0 radical (unpaired) electrons. The molecule has 0 amide bonds. The fraction of sp³-hybridized carbons (Fsp3) is 0.714. The van der Waals surface area contributed by atoms with Gasteiger partial charge in [-0.25, -0.2) is 13.1 Å². The molecule has 0 aliphatic heterocycles. The van der Waals surface area contributed by atoms with Crippen LogP contribution >= 0.6 is 0 Å². The van der Waals surface area contributed by atoms with Crippen molar-refractivity contribution in [2.75, 3.05) is 24.3 Å². The van der Waals surface area contributed by atoms with E-state index in [0.29, 0.717) is 0 Å². The number of nitrogens with zero attached hydrogens (tertiary/aromatic N) is 3. The zero-order valence-electron chi connectivity index (χ0n) is 8.67. The van der Waals surface area contributed by atoms with Crippen LogP contribution in [0.5, 0.6) is 6.01 Å². The third-order valence-corrected chi connectivity index (χ3v) is 3.60. The van der Waals surface area contributed by atoms with Gasteiger partial charge in [0.1, 0.15) is 0 Å². The van der Waals surface area contributed by atoms with Gasteiger partial charge >= 0.3 is 6.01 Å². The van der Waals surface area contributed by atoms with Crippen LogP contribution in [0, 0.1) is 0 Å². The summed E-state index contributed by atoms with van der Waals surface area (Å²) in [5, 5.41) is 3.86. The van der Waals surface area contributed by atoms with E-state index in [2.05, 4.69) is 10.1 Å². The van der Waals surface area contributed by atoms with E-state index in [1.807, 2.05) is 0 Å². The van der Waals surface area contributed by atoms with Gasteiger partial charge in [-0.2, -0.15) is 4.98 Å². The summed E-state index contributed by atoms with van der Waals surface area (Å²) < 4.78 is 28.5. The second kappa shape index (κ2) is 4.47. The highest BCUT2D eigenvalue weighted by molar-refractivity contribution is 7.91. The molecule has 8 heteroatoms. The van der Waals surface area contributed by atoms with Crippen molar-refractivity contribution in [2.24, 2.45) is 0 Å². The third kappa shape index (κ3) is 3.08. The van der Waals surface area contributed by atoms with Crippen LogP contribution in [0.2, 0.25) is 0 Å². The van der Waals surface area contributed by atoms with Crippen molar-refractivity contribution in [1.82, 2.24) is 14.8 Å². The summed E-state index contributed by atoms with van der Waals surface area (Å²) in [6.45, 7) is 1.79. The van der Waals surface area contributed by atoms with Crippen molar-refractivity contribution in [1.29, 1.82) is 0 Å². The molecule has 0 fully saturated rings. The molecule has 86 valence electrons. The van der Waals surface area contributed by atoms with E-state index in [9.17, 15) is 8.42 Å². The molecule has 7 nitrogen and oxygen atoms in total. The maximum atomic E-state index is 11.2. The molecule has 0 bridgehead atoms. The number of nitrogen functional groups attached to an aromatic ring is 1. The number of hydrogen-bond acceptors (Lipinski definition) is 6. The number of nitrogens with two attached hydrogens (primary N) is 1. The minimum atomic E-state index is -3.02. The van der Waals surface area contributed by atoms with Crippen LogP contribution < -0.4 is 10.5 Å². The van der Waals surface area contributed by atoms with Crippen molar-refractivity contribution in [3.05, 3.63) is 0 Å². The third-order valence-electron chi connectivity index (χ3n) is 1.92. The second-order valence-electron chi connectivity index (χ2n) is 2.92.